The summed E-state index contributed by atoms with van der Waals surface area (Å²) < 4.78 is 19.3. The molecule has 0 aliphatic carbocycles. The Morgan fingerprint density at radius 2 is 1.94 bits per heavy atom. The lowest BCUT2D eigenvalue weighted by atomic mass is 10.3. The van der Waals surface area contributed by atoms with Crippen molar-refractivity contribution in [3.05, 3.63) is 60.2 Å². The van der Waals surface area contributed by atoms with Gasteiger partial charge in [0.05, 0.1) is 18.6 Å². The Bertz CT molecular complexity index is 1190. The quantitative estimate of drug-likeness (QED) is 0.332. The number of thioether (sulfide) groups is 1. The van der Waals surface area contributed by atoms with Gasteiger partial charge >= 0.3 is 0 Å². The summed E-state index contributed by atoms with van der Waals surface area (Å²) in [5, 5.41) is 14.9. The van der Waals surface area contributed by atoms with Crippen LogP contribution in [0.4, 0.5) is 32.8 Å². The number of nitrogens with zero attached hydrogens (tertiary/aromatic N) is 5. The minimum atomic E-state index is -0.325. The first-order chi connectivity index (χ1) is 15.1. The van der Waals surface area contributed by atoms with Crippen LogP contribution < -0.4 is 21.1 Å². The number of nitrogens with one attached hydrogen (secondary N) is 2. The lowest BCUT2D eigenvalue weighted by Crippen LogP contribution is -2.07. The van der Waals surface area contributed by atoms with Gasteiger partial charge in [0.15, 0.2) is 4.34 Å². The number of hydrogen-bond acceptors (Lipinski definition) is 11. The number of halogens is 1. The predicted octanol–water partition coefficient (Wildman–Crippen LogP) is 4.23. The Morgan fingerprint density at radius 1 is 1.06 bits per heavy atom. The summed E-state index contributed by atoms with van der Waals surface area (Å²) in [5.74, 6) is 1.66. The highest BCUT2D eigenvalue weighted by Crippen LogP contribution is 2.30. The third-order valence-corrected chi connectivity index (χ3v) is 5.83. The van der Waals surface area contributed by atoms with E-state index in [1.807, 2.05) is 24.3 Å². The van der Waals surface area contributed by atoms with Gasteiger partial charge in [-0.25, -0.2) is 4.39 Å². The molecular weight excluding hydrogens is 439 g/mol. The monoisotopic (exact) mass is 456 g/mol. The largest absolute Gasteiger partial charge is 0.495 e. The molecule has 0 saturated heterocycles. The van der Waals surface area contributed by atoms with Gasteiger partial charge in [0.25, 0.3) is 0 Å². The molecule has 4 aromatic rings. The molecule has 9 nitrogen and oxygen atoms in total. The average Bonchev–Trinajstić information content (AvgIpc) is 3.19. The number of hydrogen-bond donors (Lipinski definition) is 3. The maximum Gasteiger partial charge on any atom is 0.232 e. The highest BCUT2D eigenvalue weighted by Gasteiger charge is 2.11. The maximum atomic E-state index is 13.3. The molecule has 2 aromatic carbocycles. The first kappa shape index (κ1) is 20.8. The van der Waals surface area contributed by atoms with E-state index in [0.29, 0.717) is 44.1 Å². The van der Waals surface area contributed by atoms with Crippen LogP contribution >= 0.6 is 23.1 Å². The van der Waals surface area contributed by atoms with Crippen molar-refractivity contribution < 1.29 is 9.13 Å². The molecular formula is C19H17FN8OS2. The zero-order valence-electron chi connectivity index (χ0n) is 16.2. The zero-order chi connectivity index (χ0) is 21.6. The number of nitrogen functional groups attached to an aromatic ring is 1. The van der Waals surface area contributed by atoms with Gasteiger partial charge in [0.1, 0.15) is 17.4 Å². The van der Waals surface area contributed by atoms with E-state index >= 15 is 0 Å². The minimum absolute atomic E-state index is 0.105. The van der Waals surface area contributed by atoms with E-state index in [-0.39, 0.29) is 11.8 Å². The smallest absolute Gasteiger partial charge is 0.232 e. The van der Waals surface area contributed by atoms with Gasteiger partial charge < -0.3 is 21.1 Å². The van der Waals surface area contributed by atoms with Crippen molar-refractivity contribution in [2.75, 3.05) is 23.5 Å². The van der Waals surface area contributed by atoms with Crippen molar-refractivity contribution in [3.8, 4) is 5.75 Å². The third-order valence-electron chi connectivity index (χ3n) is 3.86. The van der Waals surface area contributed by atoms with Crippen LogP contribution in [-0.2, 0) is 5.75 Å². The van der Waals surface area contributed by atoms with E-state index in [1.54, 1.807) is 19.2 Å². The van der Waals surface area contributed by atoms with Crippen LogP contribution in [0, 0.1) is 5.82 Å². The van der Waals surface area contributed by atoms with Crippen LogP contribution in [0.5, 0.6) is 5.75 Å². The number of para-hydroxylation sites is 2. The standard InChI is InChI=1S/C19H17FN8OS2/c1-29-14-8-3-2-7-13(14)23-17-25-15(24-16(21)26-17)10-30-19-28-27-18(31-19)22-12-6-4-5-11(20)9-12/h2-9H,10H2,1H3,(H,22,27)(H3,21,23,24,25,26). The SMILES string of the molecule is COc1ccccc1Nc1nc(N)nc(CSc2nnc(Nc3cccc(F)c3)s2)n1. The van der Waals surface area contributed by atoms with E-state index in [1.165, 1.54) is 35.2 Å². The predicted molar refractivity (Wildman–Crippen MR) is 120 cm³/mol. The van der Waals surface area contributed by atoms with Gasteiger partial charge in [-0.05, 0) is 30.3 Å². The molecule has 0 fully saturated rings. The van der Waals surface area contributed by atoms with Gasteiger partial charge in [-0.1, -0.05) is 41.3 Å². The molecule has 0 aliphatic rings. The summed E-state index contributed by atoms with van der Waals surface area (Å²) in [7, 11) is 1.59. The summed E-state index contributed by atoms with van der Waals surface area (Å²) in [6.07, 6.45) is 0. The number of rotatable bonds is 8. The van der Waals surface area contributed by atoms with Gasteiger partial charge in [-0.15, -0.1) is 10.2 Å². The van der Waals surface area contributed by atoms with Crippen LogP contribution in [-0.4, -0.2) is 32.3 Å². The van der Waals surface area contributed by atoms with Crippen molar-refractivity contribution in [3.63, 3.8) is 0 Å². The average molecular weight is 457 g/mol. The fourth-order valence-electron chi connectivity index (χ4n) is 2.56. The summed E-state index contributed by atoms with van der Waals surface area (Å²) in [5.41, 5.74) is 7.16. The van der Waals surface area contributed by atoms with Gasteiger partial charge in [0, 0.05) is 5.69 Å². The highest BCUT2D eigenvalue weighted by atomic mass is 32.2. The Morgan fingerprint density at radius 3 is 2.77 bits per heavy atom. The summed E-state index contributed by atoms with van der Waals surface area (Å²) in [6.45, 7) is 0. The molecule has 31 heavy (non-hydrogen) atoms. The van der Waals surface area contributed by atoms with Crippen molar-refractivity contribution in [1.29, 1.82) is 0 Å². The molecule has 2 heterocycles. The van der Waals surface area contributed by atoms with E-state index in [9.17, 15) is 4.39 Å². The van der Waals surface area contributed by atoms with E-state index in [2.05, 4.69) is 35.8 Å². The highest BCUT2D eigenvalue weighted by molar-refractivity contribution is 8.00. The summed E-state index contributed by atoms with van der Waals surface area (Å²) in [6, 6.07) is 13.6. The number of anilines is 5. The fourth-order valence-corrected chi connectivity index (χ4v) is 4.19. The van der Waals surface area contributed by atoms with Crippen molar-refractivity contribution in [2.24, 2.45) is 0 Å². The normalized spacial score (nSPS) is 10.6. The van der Waals surface area contributed by atoms with Gasteiger partial charge in [-0.2, -0.15) is 15.0 Å². The Kier molecular flexibility index (Phi) is 6.38. The zero-order valence-corrected chi connectivity index (χ0v) is 17.9. The van der Waals surface area contributed by atoms with Crippen LogP contribution in [0.25, 0.3) is 0 Å². The molecule has 0 aliphatic heterocycles. The summed E-state index contributed by atoms with van der Waals surface area (Å²) >= 11 is 2.75. The first-order valence-corrected chi connectivity index (χ1v) is 10.8. The molecule has 0 unspecified atom stereocenters. The van der Waals surface area contributed by atoms with Crippen molar-refractivity contribution >= 4 is 51.5 Å². The number of benzene rings is 2. The van der Waals surface area contributed by atoms with Crippen LogP contribution in [0.15, 0.2) is 52.9 Å². The molecule has 4 rings (SSSR count). The van der Waals surface area contributed by atoms with E-state index in [4.69, 9.17) is 10.5 Å². The molecule has 0 spiro atoms. The van der Waals surface area contributed by atoms with Crippen LogP contribution in [0.2, 0.25) is 0 Å². The number of ether oxygens (including phenoxy) is 1. The first-order valence-electron chi connectivity index (χ1n) is 8.98. The van der Waals surface area contributed by atoms with Gasteiger partial charge in [-0.3, -0.25) is 0 Å². The van der Waals surface area contributed by atoms with Crippen LogP contribution in [0.3, 0.4) is 0 Å². The second kappa shape index (κ2) is 9.53. The third kappa shape index (κ3) is 5.55. The Balaban J connectivity index is 1.41. The molecule has 0 atom stereocenters. The number of nitrogens with two attached hydrogens (primary N) is 1. The molecule has 0 bridgehead atoms. The Labute approximate surface area is 185 Å². The second-order valence-electron chi connectivity index (χ2n) is 6.06. The lowest BCUT2D eigenvalue weighted by molar-refractivity contribution is 0.417. The molecule has 4 N–H and O–H groups in total. The van der Waals surface area contributed by atoms with Crippen LogP contribution in [0.1, 0.15) is 5.82 Å². The van der Waals surface area contributed by atoms with E-state index < -0.39 is 0 Å². The second-order valence-corrected chi connectivity index (χ2v) is 8.26. The fraction of sp³-hybridized carbons (Fsp3) is 0.105. The van der Waals surface area contributed by atoms with E-state index in [0.717, 1.165) is 0 Å². The molecule has 2 aromatic heterocycles. The maximum absolute atomic E-state index is 13.3. The molecule has 12 heteroatoms. The molecule has 0 radical (unpaired) electrons. The van der Waals surface area contributed by atoms with Crippen molar-refractivity contribution in [1.82, 2.24) is 25.1 Å². The topological polar surface area (TPSA) is 124 Å². The van der Waals surface area contributed by atoms with Gasteiger partial charge in [0.2, 0.25) is 17.0 Å². The lowest BCUT2D eigenvalue weighted by Gasteiger charge is -2.10. The summed E-state index contributed by atoms with van der Waals surface area (Å²) in [4.78, 5) is 12.7. The number of methoxy groups -OCH3 is 1. The minimum Gasteiger partial charge on any atom is -0.495 e. The molecule has 158 valence electrons. The van der Waals surface area contributed by atoms with Crippen molar-refractivity contribution in [2.45, 2.75) is 10.1 Å². The Hall–Kier alpha value is -3.51. The molecule has 0 saturated carbocycles. The number of aromatic nitrogens is 5. The molecule has 0 amide bonds.